The number of halogens is 1. The third kappa shape index (κ3) is 3.89. The molecule has 0 aliphatic carbocycles. The van der Waals surface area contributed by atoms with Gasteiger partial charge in [-0.3, -0.25) is 4.79 Å². The van der Waals surface area contributed by atoms with Crippen LogP contribution in [0.15, 0.2) is 18.2 Å². The highest BCUT2D eigenvalue weighted by atomic mass is 35.5. The highest BCUT2D eigenvalue weighted by molar-refractivity contribution is 6.31. The van der Waals surface area contributed by atoms with Crippen molar-refractivity contribution in [1.29, 1.82) is 0 Å². The van der Waals surface area contributed by atoms with Crippen LogP contribution in [0.5, 0.6) is 5.75 Å². The Morgan fingerprint density at radius 3 is 2.61 bits per heavy atom. The van der Waals surface area contributed by atoms with Gasteiger partial charge in [0.2, 0.25) is 0 Å². The van der Waals surface area contributed by atoms with Crippen molar-refractivity contribution in [3.05, 3.63) is 28.8 Å². The lowest BCUT2D eigenvalue weighted by Crippen LogP contribution is -2.39. The molecule has 4 nitrogen and oxygen atoms in total. The number of nitrogens with one attached hydrogen (secondary N) is 1. The second kappa shape index (κ2) is 5.59. The summed E-state index contributed by atoms with van der Waals surface area (Å²) in [5.41, 5.74) is -0.215. The lowest BCUT2D eigenvalue weighted by molar-refractivity contribution is 0.0586. The minimum absolute atomic E-state index is 0.101. The van der Waals surface area contributed by atoms with E-state index in [4.69, 9.17) is 11.6 Å². The Bertz CT molecular complexity index is 440. The van der Waals surface area contributed by atoms with Crippen LogP contribution >= 0.6 is 11.6 Å². The molecule has 0 spiro atoms. The van der Waals surface area contributed by atoms with Crippen molar-refractivity contribution in [1.82, 2.24) is 5.32 Å². The molecular formula is C13H18ClNO3. The number of phenols is 1. The summed E-state index contributed by atoms with van der Waals surface area (Å²) < 4.78 is 0. The van der Waals surface area contributed by atoms with E-state index in [0.717, 1.165) is 0 Å². The fourth-order valence-electron chi connectivity index (χ4n) is 1.28. The van der Waals surface area contributed by atoms with Crippen LogP contribution in [0.2, 0.25) is 5.02 Å². The zero-order valence-corrected chi connectivity index (χ0v) is 11.5. The van der Waals surface area contributed by atoms with E-state index >= 15 is 0 Å². The van der Waals surface area contributed by atoms with Gasteiger partial charge in [-0.2, -0.15) is 0 Å². The third-order valence-electron chi connectivity index (χ3n) is 2.66. The summed E-state index contributed by atoms with van der Waals surface area (Å²) in [4.78, 5) is 11.8. The number of benzene rings is 1. The first-order valence-electron chi connectivity index (χ1n) is 5.66. The number of rotatable bonds is 3. The number of amides is 1. The molecule has 100 valence electrons. The van der Waals surface area contributed by atoms with Gasteiger partial charge >= 0.3 is 0 Å². The fourth-order valence-corrected chi connectivity index (χ4v) is 1.45. The van der Waals surface area contributed by atoms with Crippen molar-refractivity contribution in [2.45, 2.75) is 26.9 Å². The van der Waals surface area contributed by atoms with Gasteiger partial charge < -0.3 is 15.5 Å². The number of phenolic OH excluding ortho intramolecular Hbond substituents is 1. The monoisotopic (exact) mass is 271 g/mol. The molecule has 3 N–H and O–H groups in total. The predicted octanol–water partition coefficient (Wildman–Crippen LogP) is 2.18. The number of carbonyl (C=O) groups is 1. The van der Waals surface area contributed by atoms with Crippen molar-refractivity contribution >= 4 is 17.5 Å². The van der Waals surface area contributed by atoms with E-state index in [-0.39, 0.29) is 23.3 Å². The summed E-state index contributed by atoms with van der Waals surface area (Å²) in [5, 5.41) is 22.3. The van der Waals surface area contributed by atoms with Crippen molar-refractivity contribution in [2.75, 3.05) is 6.54 Å². The Kier molecular flexibility index (Phi) is 4.59. The molecular weight excluding hydrogens is 254 g/mol. The molecule has 0 aromatic heterocycles. The summed E-state index contributed by atoms with van der Waals surface area (Å²) in [5.74, 6) is -0.597. The molecule has 0 saturated carbocycles. The molecule has 1 amide bonds. The normalized spacial score (nSPS) is 13.2. The van der Waals surface area contributed by atoms with Crippen LogP contribution < -0.4 is 5.32 Å². The Hall–Kier alpha value is -1.26. The summed E-state index contributed by atoms with van der Waals surface area (Å²) >= 11 is 5.76. The van der Waals surface area contributed by atoms with Crippen LogP contribution in [0.3, 0.4) is 0 Å². The van der Waals surface area contributed by atoms with Crippen LogP contribution in [-0.4, -0.2) is 28.8 Å². The Morgan fingerprint density at radius 2 is 2.06 bits per heavy atom. The summed E-state index contributed by atoms with van der Waals surface area (Å²) in [6.45, 7) is 5.75. The fraction of sp³-hybridized carbons (Fsp3) is 0.462. The molecule has 5 heteroatoms. The van der Waals surface area contributed by atoms with Crippen molar-refractivity contribution in [3.63, 3.8) is 0 Å². The summed E-state index contributed by atoms with van der Waals surface area (Å²) in [7, 11) is 0. The first kappa shape index (κ1) is 14.8. The molecule has 1 aromatic carbocycles. The number of aromatic hydroxyl groups is 1. The smallest absolute Gasteiger partial charge is 0.255 e. The van der Waals surface area contributed by atoms with Gasteiger partial charge in [-0.05, 0) is 23.6 Å². The maximum absolute atomic E-state index is 11.8. The molecule has 0 heterocycles. The first-order valence-corrected chi connectivity index (χ1v) is 6.04. The quantitative estimate of drug-likeness (QED) is 0.789. The molecule has 0 aliphatic heterocycles. The van der Waals surface area contributed by atoms with Gasteiger partial charge in [-0.25, -0.2) is 0 Å². The van der Waals surface area contributed by atoms with E-state index in [9.17, 15) is 15.0 Å². The second-order valence-electron chi connectivity index (χ2n) is 5.25. The number of hydrogen-bond acceptors (Lipinski definition) is 3. The SMILES string of the molecule is CC(C)(C)C(O)CNC(=O)c1cc(Cl)ccc1O. The summed E-state index contributed by atoms with van der Waals surface area (Å²) in [6.07, 6.45) is -0.664. The largest absolute Gasteiger partial charge is 0.507 e. The van der Waals surface area contributed by atoms with Crippen molar-refractivity contribution in [2.24, 2.45) is 5.41 Å². The lowest BCUT2D eigenvalue weighted by Gasteiger charge is -2.25. The predicted molar refractivity (Wildman–Crippen MR) is 70.9 cm³/mol. The van der Waals surface area contributed by atoms with Crippen LogP contribution in [0.25, 0.3) is 0 Å². The first-order chi connectivity index (χ1) is 8.21. The number of hydrogen-bond donors (Lipinski definition) is 3. The van der Waals surface area contributed by atoms with Gasteiger partial charge in [0.15, 0.2) is 0 Å². The van der Waals surface area contributed by atoms with Crippen LogP contribution in [0.4, 0.5) is 0 Å². The summed E-state index contributed by atoms with van der Waals surface area (Å²) in [6, 6.07) is 4.24. The minimum Gasteiger partial charge on any atom is -0.507 e. The molecule has 0 saturated heterocycles. The lowest BCUT2D eigenvalue weighted by atomic mass is 9.89. The van der Waals surface area contributed by atoms with E-state index in [1.807, 2.05) is 20.8 Å². The number of aliphatic hydroxyl groups is 1. The van der Waals surface area contributed by atoms with Crippen LogP contribution in [0.1, 0.15) is 31.1 Å². The molecule has 1 atom stereocenters. The average Bonchev–Trinajstić information content (AvgIpc) is 2.27. The molecule has 0 fully saturated rings. The molecule has 1 rings (SSSR count). The molecule has 18 heavy (non-hydrogen) atoms. The van der Waals surface area contributed by atoms with E-state index in [1.54, 1.807) is 0 Å². The van der Waals surface area contributed by atoms with Gasteiger partial charge in [0.25, 0.3) is 5.91 Å². The zero-order valence-electron chi connectivity index (χ0n) is 10.7. The van der Waals surface area contributed by atoms with Crippen molar-refractivity contribution in [3.8, 4) is 5.75 Å². The van der Waals surface area contributed by atoms with E-state index in [1.165, 1.54) is 18.2 Å². The van der Waals surface area contributed by atoms with Gasteiger partial charge in [0.1, 0.15) is 5.75 Å². The molecule has 1 unspecified atom stereocenters. The van der Waals surface area contributed by atoms with Crippen molar-refractivity contribution < 1.29 is 15.0 Å². The van der Waals surface area contributed by atoms with Crippen LogP contribution in [0, 0.1) is 5.41 Å². The zero-order chi connectivity index (χ0) is 13.9. The maximum atomic E-state index is 11.8. The van der Waals surface area contributed by atoms with Gasteiger partial charge in [-0.15, -0.1) is 0 Å². The van der Waals surface area contributed by atoms with Gasteiger partial charge in [0.05, 0.1) is 11.7 Å². The number of carbonyl (C=O) groups excluding carboxylic acids is 1. The Morgan fingerprint density at radius 1 is 1.44 bits per heavy atom. The molecule has 0 bridgehead atoms. The molecule has 0 radical (unpaired) electrons. The minimum atomic E-state index is -0.664. The standard InChI is InChI=1S/C13H18ClNO3/c1-13(2,3)11(17)7-15-12(18)9-6-8(14)4-5-10(9)16/h4-6,11,16-17H,7H2,1-3H3,(H,15,18). The Balaban J connectivity index is 2.69. The molecule has 1 aromatic rings. The van der Waals surface area contributed by atoms with E-state index in [0.29, 0.717) is 5.02 Å². The van der Waals surface area contributed by atoms with Crippen LogP contribution in [-0.2, 0) is 0 Å². The van der Waals surface area contributed by atoms with E-state index < -0.39 is 12.0 Å². The van der Waals surface area contributed by atoms with Gasteiger partial charge in [0, 0.05) is 11.6 Å². The topological polar surface area (TPSA) is 69.6 Å². The highest BCUT2D eigenvalue weighted by Gasteiger charge is 2.23. The Labute approximate surface area is 112 Å². The molecule has 0 aliphatic rings. The van der Waals surface area contributed by atoms with Gasteiger partial charge in [-0.1, -0.05) is 32.4 Å². The van der Waals surface area contributed by atoms with E-state index in [2.05, 4.69) is 5.32 Å². The second-order valence-corrected chi connectivity index (χ2v) is 5.69. The average molecular weight is 272 g/mol. The highest BCUT2D eigenvalue weighted by Crippen LogP contribution is 2.22. The third-order valence-corrected chi connectivity index (χ3v) is 2.89. The maximum Gasteiger partial charge on any atom is 0.255 e. The number of aliphatic hydroxyl groups excluding tert-OH is 1.